The first-order valence-corrected chi connectivity index (χ1v) is 14.2. The molecule has 0 aliphatic carbocycles. The van der Waals surface area contributed by atoms with Crippen molar-refractivity contribution in [2.45, 2.75) is 44.2 Å². The number of nitrogens with zero attached hydrogens (tertiary/aromatic N) is 3. The lowest BCUT2D eigenvalue weighted by atomic mass is 10.0. The number of anilines is 1. The highest BCUT2D eigenvalue weighted by Crippen LogP contribution is 2.38. The van der Waals surface area contributed by atoms with E-state index in [9.17, 15) is 23.8 Å². The van der Waals surface area contributed by atoms with E-state index in [2.05, 4.69) is 11.4 Å². The number of ether oxygens (including phenoxy) is 1. The Hall–Kier alpha value is -3.94. The molecule has 1 N–H and O–H groups in total. The smallest absolute Gasteiger partial charge is 0.292 e. The predicted octanol–water partition coefficient (Wildman–Crippen LogP) is 5.04. The summed E-state index contributed by atoms with van der Waals surface area (Å²) in [5, 5.41) is 24.7. The van der Waals surface area contributed by atoms with Gasteiger partial charge in [0.1, 0.15) is 17.2 Å². The quantitative estimate of drug-likeness (QED) is 0.315. The minimum Gasteiger partial charge on any atom is -0.457 e. The Balaban J connectivity index is 1.75. The number of nitro groups is 1. The van der Waals surface area contributed by atoms with E-state index in [0.29, 0.717) is 29.3 Å². The number of nitro benzene ring substituents is 1. The van der Waals surface area contributed by atoms with Crippen molar-refractivity contribution in [1.29, 1.82) is 5.26 Å². The van der Waals surface area contributed by atoms with Crippen molar-refractivity contribution in [1.82, 2.24) is 5.32 Å². The topological polar surface area (TPSA) is 126 Å². The summed E-state index contributed by atoms with van der Waals surface area (Å²) in [6.45, 7) is 5.67. The molecule has 1 saturated heterocycles. The van der Waals surface area contributed by atoms with Gasteiger partial charge in [-0.15, -0.1) is 0 Å². The molecular weight excluding hydrogens is 504 g/mol. The molecule has 3 aromatic rings. The maximum Gasteiger partial charge on any atom is 0.292 e. The fourth-order valence-electron chi connectivity index (χ4n) is 4.81. The Labute approximate surface area is 222 Å². The van der Waals surface area contributed by atoms with Crippen LogP contribution in [-0.4, -0.2) is 38.7 Å². The van der Waals surface area contributed by atoms with Crippen LogP contribution in [0.2, 0.25) is 0 Å². The third kappa shape index (κ3) is 6.13. The molecule has 0 atom stereocenters. The van der Waals surface area contributed by atoms with Gasteiger partial charge in [-0.05, 0) is 86.8 Å². The van der Waals surface area contributed by atoms with Crippen molar-refractivity contribution < 1.29 is 18.1 Å². The maximum absolute atomic E-state index is 12.1. The van der Waals surface area contributed by atoms with Gasteiger partial charge in [0.05, 0.1) is 21.5 Å². The van der Waals surface area contributed by atoms with Crippen LogP contribution >= 0.6 is 0 Å². The first kappa shape index (κ1) is 27.1. The SMILES string of the molecule is Cc1cc(C#N)cc(C)c1Oc1ccc([N+](=O)[O-])c(N(Cc2ccc(S(C)(=O)=O)cc2)C2CCNCC2)c1. The minimum atomic E-state index is -3.33. The van der Waals surface area contributed by atoms with Gasteiger partial charge in [0.2, 0.25) is 0 Å². The van der Waals surface area contributed by atoms with E-state index < -0.39 is 14.8 Å². The zero-order valence-electron chi connectivity index (χ0n) is 21.6. The summed E-state index contributed by atoms with van der Waals surface area (Å²) in [6, 6.07) is 17.0. The Kier molecular flexibility index (Phi) is 7.99. The number of piperidine rings is 1. The highest BCUT2D eigenvalue weighted by atomic mass is 32.2. The largest absolute Gasteiger partial charge is 0.457 e. The number of hydrogen-bond donors (Lipinski definition) is 1. The molecule has 1 fully saturated rings. The second-order valence-corrected chi connectivity index (χ2v) is 11.6. The normalized spacial score (nSPS) is 14.1. The van der Waals surface area contributed by atoms with E-state index in [4.69, 9.17) is 4.74 Å². The van der Waals surface area contributed by atoms with Gasteiger partial charge in [-0.3, -0.25) is 10.1 Å². The fourth-order valence-corrected chi connectivity index (χ4v) is 5.44. The second kappa shape index (κ2) is 11.2. The summed E-state index contributed by atoms with van der Waals surface area (Å²) in [5.74, 6) is 1.06. The van der Waals surface area contributed by atoms with Gasteiger partial charge in [-0.1, -0.05) is 12.1 Å². The fraction of sp³-hybridized carbons (Fsp3) is 0.321. The van der Waals surface area contributed by atoms with Crippen molar-refractivity contribution in [2.75, 3.05) is 24.2 Å². The van der Waals surface area contributed by atoms with E-state index in [1.54, 1.807) is 48.5 Å². The highest BCUT2D eigenvalue weighted by Gasteiger charge is 2.28. The second-order valence-electron chi connectivity index (χ2n) is 9.59. The van der Waals surface area contributed by atoms with Crippen LogP contribution in [0.1, 0.15) is 35.1 Å². The number of sulfone groups is 1. The standard InChI is InChI=1S/C28H30N4O5S/c1-19-14-22(17-29)15-20(2)28(19)37-24-6-9-26(32(33)34)27(16-24)31(23-10-12-30-13-11-23)18-21-4-7-25(8-5-21)38(3,35)36/h4-9,14-16,23,30H,10-13,18H2,1-3H3. The molecule has 0 bridgehead atoms. The van der Waals surface area contributed by atoms with Crippen LogP contribution in [0.3, 0.4) is 0 Å². The first-order chi connectivity index (χ1) is 18.1. The Bertz CT molecular complexity index is 1470. The summed E-state index contributed by atoms with van der Waals surface area (Å²) < 4.78 is 30.0. The monoisotopic (exact) mass is 534 g/mol. The van der Waals surface area contributed by atoms with Gasteiger partial charge in [0, 0.05) is 31.0 Å². The molecule has 0 saturated carbocycles. The number of nitriles is 1. The molecule has 1 aliphatic heterocycles. The Morgan fingerprint density at radius 1 is 1.08 bits per heavy atom. The summed E-state index contributed by atoms with van der Waals surface area (Å²) in [6.07, 6.45) is 2.77. The van der Waals surface area contributed by atoms with Crippen LogP contribution in [0.4, 0.5) is 11.4 Å². The van der Waals surface area contributed by atoms with E-state index in [1.165, 1.54) is 6.07 Å². The molecule has 9 nitrogen and oxygen atoms in total. The molecule has 1 heterocycles. The zero-order chi connectivity index (χ0) is 27.4. The molecule has 0 amide bonds. The molecule has 1 aliphatic rings. The van der Waals surface area contributed by atoms with Crippen molar-refractivity contribution in [3.8, 4) is 17.6 Å². The van der Waals surface area contributed by atoms with Gasteiger partial charge >= 0.3 is 0 Å². The number of benzene rings is 3. The van der Waals surface area contributed by atoms with Crippen LogP contribution in [0, 0.1) is 35.3 Å². The third-order valence-corrected chi connectivity index (χ3v) is 7.84. The lowest BCUT2D eigenvalue weighted by Gasteiger charge is -2.36. The average Bonchev–Trinajstić information content (AvgIpc) is 2.89. The van der Waals surface area contributed by atoms with E-state index in [1.807, 2.05) is 18.7 Å². The lowest BCUT2D eigenvalue weighted by molar-refractivity contribution is -0.384. The average molecular weight is 535 g/mol. The summed E-state index contributed by atoms with van der Waals surface area (Å²) >= 11 is 0. The van der Waals surface area contributed by atoms with Gasteiger partial charge in [-0.2, -0.15) is 5.26 Å². The number of rotatable bonds is 8. The molecule has 0 spiro atoms. The van der Waals surface area contributed by atoms with Crippen molar-refractivity contribution in [3.63, 3.8) is 0 Å². The summed E-state index contributed by atoms with van der Waals surface area (Å²) in [4.78, 5) is 14.0. The molecule has 0 radical (unpaired) electrons. The number of nitrogens with one attached hydrogen (secondary N) is 1. The molecule has 10 heteroatoms. The van der Waals surface area contributed by atoms with E-state index in [-0.39, 0.29) is 16.6 Å². The van der Waals surface area contributed by atoms with Gasteiger partial charge in [0.15, 0.2) is 9.84 Å². The van der Waals surface area contributed by atoms with Gasteiger partial charge in [0.25, 0.3) is 5.69 Å². The number of hydrogen-bond acceptors (Lipinski definition) is 8. The third-order valence-electron chi connectivity index (χ3n) is 6.72. The minimum absolute atomic E-state index is 0.0306. The first-order valence-electron chi connectivity index (χ1n) is 12.3. The maximum atomic E-state index is 12.1. The lowest BCUT2D eigenvalue weighted by Crippen LogP contribution is -2.43. The molecular formula is C28H30N4O5S. The predicted molar refractivity (Wildman–Crippen MR) is 145 cm³/mol. The van der Waals surface area contributed by atoms with E-state index >= 15 is 0 Å². The summed E-state index contributed by atoms with van der Waals surface area (Å²) in [7, 11) is -3.33. The van der Waals surface area contributed by atoms with Gasteiger partial charge < -0.3 is 15.0 Å². The molecule has 198 valence electrons. The number of aryl methyl sites for hydroxylation is 2. The Morgan fingerprint density at radius 3 is 2.26 bits per heavy atom. The van der Waals surface area contributed by atoms with Crippen molar-refractivity contribution in [3.05, 3.63) is 87.0 Å². The molecule has 3 aromatic carbocycles. The molecule has 0 aromatic heterocycles. The molecule has 38 heavy (non-hydrogen) atoms. The van der Waals surface area contributed by atoms with Crippen LogP contribution in [0.25, 0.3) is 0 Å². The molecule has 0 unspecified atom stereocenters. The Morgan fingerprint density at radius 2 is 1.71 bits per heavy atom. The summed E-state index contributed by atoms with van der Waals surface area (Å²) in [5.41, 5.74) is 3.38. The van der Waals surface area contributed by atoms with Crippen LogP contribution < -0.4 is 15.0 Å². The van der Waals surface area contributed by atoms with Crippen molar-refractivity contribution >= 4 is 21.2 Å². The zero-order valence-corrected chi connectivity index (χ0v) is 22.4. The van der Waals surface area contributed by atoms with Gasteiger partial charge in [-0.25, -0.2) is 8.42 Å². The van der Waals surface area contributed by atoms with Crippen LogP contribution in [0.5, 0.6) is 11.5 Å². The van der Waals surface area contributed by atoms with Crippen LogP contribution in [-0.2, 0) is 16.4 Å². The molecule has 4 rings (SSSR count). The van der Waals surface area contributed by atoms with Crippen molar-refractivity contribution in [2.24, 2.45) is 0 Å². The van der Waals surface area contributed by atoms with E-state index in [0.717, 1.165) is 48.9 Å². The highest BCUT2D eigenvalue weighted by molar-refractivity contribution is 7.90. The van der Waals surface area contributed by atoms with Crippen LogP contribution in [0.15, 0.2) is 59.5 Å².